The average molecular weight is 706 g/mol. The number of ether oxygens (including phenoxy) is 2. The number of ketones is 2. The van der Waals surface area contributed by atoms with Gasteiger partial charge in [0.15, 0.2) is 11.6 Å². The van der Waals surface area contributed by atoms with Crippen LogP contribution in [0.25, 0.3) is 0 Å². The van der Waals surface area contributed by atoms with Crippen LogP contribution in [0.4, 0.5) is 9.59 Å². The number of amides is 5. The van der Waals surface area contributed by atoms with Crippen molar-refractivity contribution in [3.05, 3.63) is 11.1 Å². The fourth-order valence-corrected chi connectivity index (χ4v) is 5.95. The highest BCUT2D eigenvalue weighted by Crippen LogP contribution is 2.30. The molecule has 282 valence electrons. The van der Waals surface area contributed by atoms with Gasteiger partial charge in [-0.05, 0) is 91.6 Å². The first-order valence-electron chi connectivity index (χ1n) is 17.8. The summed E-state index contributed by atoms with van der Waals surface area (Å²) in [6.45, 7) is 18.2. The van der Waals surface area contributed by atoms with E-state index in [2.05, 4.69) is 21.3 Å². The van der Waals surface area contributed by atoms with Gasteiger partial charge >= 0.3 is 12.2 Å². The molecule has 1 aliphatic carbocycles. The second-order valence-electron chi connectivity index (χ2n) is 15.0. The predicted octanol–water partition coefficient (Wildman–Crippen LogP) is 3.56. The third-order valence-electron chi connectivity index (χ3n) is 8.93. The number of alkyl carbamates (subject to hydrolysis) is 1. The quantitative estimate of drug-likeness (QED) is 0.185. The lowest BCUT2D eigenvalue weighted by Gasteiger charge is -2.30. The minimum Gasteiger partial charge on any atom is -0.450 e. The van der Waals surface area contributed by atoms with Crippen molar-refractivity contribution in [1.29, 1.82) is 0 Å². The van der Waals surface area contributed by atoms with Gasteiger partial charge in [0.2, 0.25) is 17.7 Å². The monoisotopic (exact) mass is 705 g/mol. The molecule has 14 heteroatoms. The molecular formula is C36H59N5O9. The smallest absolute Gasteiger partial charge is 0.410 e. The Balaban J connectivity index is 1.92. The first-order chi connectivity index (χ1) is 23.2. The number of allylic oxidation sites excluding steroid dienone is 2. The van der Waals surface area contributed by atoms with Gasteiger partial charge in [-0.1, -0.05) is 27.7 Å². The Labute approximate surface area is 296 Å². The van der Waals surface area contributed by atoms with E-state index < -0.39 is 53.6 Å². The van der Waals surface area contributed by atoms with Gasteiger partial charge in [0.25, 0.3) is 0 Å². The van der Waals surface area contributed by atoms with Gasteiger partial charge in [-0.15, -0.1) is 0 Å². The molecule has 4 N–H and O–H groups in total. The van der Waals surface area contributed by atoms with E-state index >= 15 is 0 Å². The molecule has 50 heavy (non-hydrogen) atoms. The Bertz CT molecular complexity index is 1300. The first-order valence-corrected chi connectivity index (χ1v) is 17.8. The zero-order valence-electron chi connectivity index (χ0n) is 31.5. The maximum absolute atomic E-state index is 13.5. The van der Waals surface area contributed by atoms with Gasteiger partial charge in [0.05, 0.1) is 6.61 Å². The van der Waals surface area contributed by atoms with Crippen LogP contribution in [0.3, 0.4) is 0 Å². The van der Waals surface area contributed by atoms with E-state index in [1.54, 1.807) is 69.2 Å². The summed E-state index contributed by atoms with van der Waals surface area (Å²) in [5.41, 5.74) is 0.255. The van der Waals surface area contributed by atoms with Crippen molar-refractivity contribution in [3.8, 4) is 0 Å². The van der Waals surface area contributed by atoms with Crippen molar-refractivity contribution in [1.82, 2.24) is 26.2 Å². The molecule has 5 amide bonds. The van der Waals surface area contributed by atoms with Crippen molar-refractivity contribution in [2.45, 2.75) is 138 Å². The van der Waals surface area contributed by atoms with Crippen molar-refractivity contribution in [2.24, 2.45) is 17.8 Å². The molecule has 1 fully saturated rings. The lowest BCUT2D eigenvalue weighted by atomic mass is 9.75. The molecule has 0 aromatic rings. The molecule has 4 unspecified atom stereocenters. The van der Waals surface area contributed by atoms with E-state index in [0.717, 1.165) is 0 Å². The molecule has 0 radical (unpaired) electrons. The molecule has 0 bridgehead atoms. The van der Waals surface area contributed by atoms with E-state index in [4.69, 9.17) is 9.47 Å². The molecule has 1 aliphatic heterocycles. The van der Waals surface area contributed by atoms with E-state index in [0.29, 0.717) is 49.8 Å². The summed E-state index contributed by atoms with van der Waals surface area (Å²) >= 11 is 0. The molecule has 1 heterocycles. The topological polar surface area (TPSA) is 189 Å². The van der Waals surface area contributed by atoms with Crippen LogP contribution in [0.1, 0.15) is 108 Å². The lowest BCUT2D eigenvalue weighted by molar-refractivity contribution is -0.134. The molecule has 2 aliphatic rings. The van der Waals surface area contributed by atoms with Crippen LogP contribution < -0.4 is 21.3 Å². The molecule has 0 spiro atoms. The highest BCUT2D eigenvalue weighted by Gasteiger charge is 2.39. The van der Waals surface area contributed by atoms with Gasteiger partial charge in [0.1, 0.15) is 23.7 Å². The van der Waals surface area contributed by atoms with Gasteiger partial charge in [-0.2, -0.15) is 0 Å². The second-order valence-corrected chi connectivity index (χ2v) is 15.0. The average Bonchev–Trinajstić information content (AvgIpc) is 3.52. The van der Waals surface area contributed by atoms with Crippen LogP contribution in [0.5, 0.6) is 0 Å². The van der Waals surface area contributed by atoms with Gasteiger partial charge in [-0.3, -0.25) is 28.9 Å². The maximum atomic E-state index is 13.5. The molecular weight excluding hydrogens is 646 g/mol. The van der Waals surface area contributed by atoms with Gasteiger partial charge < -0.3 is 30.7 Å². The molecule has 1 saturated heterocycles. The molecule has 2 rings (SSSR count). The van der Waals surface area contributed by atoms with Gasteiger partial charge in [-0.25, -0.2) is 9.59 Å². The largest absolute Gasteiger partial charge is 0.450 e. The Morgan fingerprint density at radius 3 is 2.14 bits per heavy atom. The van der Waals surface area contributed by atoms with Crippen LogP contribution in [-0.4, -0.2) is 95.8 Å². The Morgan fingerprint density at radius 2 is 1.54 bits per heavy atom. The highest BCUT2D eigenvalue weighted by atomic mass is 16.6. The number of rotatable bonds is 15. The fraction of sp³-hybridized carbons (Fsp3) is 0.750. The van der Waals surface area contributed by atoms with Crippen molar-refractivity contribution in [2.75, 3.05) is 19.7 Å². The molecule has 14 nitrogen and oxygen atoms in total. The number of carbonyl (C=O) groups excluding carboxylic acids is 7. The second kappa shape index (κ2) is 18.9. The zero-order chi connectivity index (χ0) is 37.9. The van der Waals surface area contributed by atoms with Crippen LogP contribution in [0, 0.1) is 17.8 Å². The number of hydrogen-bond donors (Lipinski definition) is 4. The normalized spacial score (nSPS) is 20.8. The van der Waals surface area contributed by atoms with Crippen molar-refractivity contribution >= 4 is 41.5 Å². The molecule has 5 atom stereocenters. The standard InChI is InChI=1S/C36H59N5O9/c1-20(2)28(40-32(45)27-16-12-18-41(27)35(48)50-36(8,9)10)33(46)39-26(31(44)38-21(3)4)15-11-17-37-34(47)49-19-13-14-25-24(7)29(42)22(5)23(6)30(25)43/h20-23,26-28H,11-19H2,1-10H3,(H,37,47)(H,38,44)(H,39,46)(H,40,45)/t22?,23?,26?,27-,28?/m0/s1. The number of likely N-dealkylation sites (tertiary alicyclic amines) is 1. The Kier molecular flexibility index (Phi) is 15.9. The Hall–Kier alpha value is -3.97. The number of nitrogens with one attached hydrogen (secondary N) is 4. The first kappa shape index (κ1) is 42.2. The molecule has 0 saturated carbocycles. The van der Waals surface area contributed by atoms with Gasteiger partial charge in [0, 0.05) is 36.5 Å². The van der Waals surface area contributed by atoms with Crippen LogP contribution in [0.2, 0.25) is 0 Å². The third kappa shape index (κ3) is 12.4. The van der Waals surface area contributed by atoms with Crippen molar-refractivity contribution < 1.29 is 43.0 Å². The summed E-state index contributed by atoms with van der Waals surface area (Å²) in [6.07, 6.45) is 1.05. The maximum Gasteiger partial charge on any atom is 0.410 e. The van der Waals surface area contributed by atoms with E-state index in [9.17, 15) is 33.6 Å². The summed E-state index contributed by atoms with van der Waals surface area (Å²) < 4.78 is 10.7. The minimum absolute atomic E-state index is 0.0254. The number of nitrogens with zero attached hydrogens (tertiary/aromatic N) is 1. The number of Topliss-reactive ketones (excluding diaryl/α,β-unsaturated/α-hetero) is 2. The SMILES string of the molecule is CC1=C(CCCOC(=O)NCCCC(NC(=O)C(NC(=O)[C@@H]2CCCN2C(=O)OC(C)(C)C)C(C)C)C(=O)NC(C)C)C(=O)C(C)C(C)C1=O. The zero-order valence-corrected chi connectivity index (χ0v) is 31.5. The molecule has 0 aromatic heterocycles. The summed E-state index contributed by atoms with van der Waals surface area (Å²) in [7, 11) is 0. The third-order valence-corrected chi connectivity index (χ3v) is 8.93. The van der Waals surface area contributed by atoms with Crippen LogP contribution >= 0.6 is 0 Å². The van der Waals surface area contributed by atoms with Crippen molar-refractivity contribution in [3.63, 3.8) is 0 Å². The number of carbonyl (C=O) groups is 7. The highest BCUT2D eigenvalue weighted by molar-refractivity contribution is 6.13. The fourth-order valence-electron chi connectivity index (χ4n) is 5.95. The minimum atomic E-state index is -0.973. The number of hydrogen-bond acceptors (Lipinski definition) is 9. The lowest BCUT2D eigenvalue weighted by Crippen LogP contribution is -2.58. The van der Waals surface area contributed by atoms with E-state index in [-0.39, 0.29) is 54.9 Å². The summed E-state index contributed by atoms with van der Waals surface area (Å²) in [5.74, 6) is -2.52. The predicted molar refractivity (Wildman–Crippen MR) is 187 cm³/mol. The van der Waals surface area contributed by atoms with E-state index in [1.807, 2.05) is 0 Å². The van der Waals surface area contributed by atoms with Crippen LogP contribution in [-0.2, 0) is 33.4 Å². The Morgan fingerprint density at radius 1 is 0.900 bits per heavy atom. The van der Waals surface area contributed by atoms with Crippen LogP contribution in [0.15, 0.2) is 11.1 Å². The van der Waals surface area contributed by atoms with E-state index in [1.165, 1.54) is 4.90 Å². The summed E-state index contributed by atoms with van der Waals surface area (Å²) in [5, 5.41) is 11.0. The summed E-state index contributed by atoms with van der Waals surface area (Å²) in [6, 6.07) is -2.88. The molecule has 0 aromatic carbocycles. The summed E-state index contributed by atoms with van der Waals surface area (Å²) in [4.78, 5) is 91.3.